The van der Waals surface area contributed by atoms with E-state index in [4.69, 9.17) is 15.2 Å². The first-order chi connectivity index (χ1) is 8.17. The van der Waals surface area contributed by atoms with Gasteiger partial charge in [0.25, 0.3) is 0 Å². The zero-order valence-corrected chi connectivity index (χ0v) is 11.2. The van der Waals surface area contributed by atoms with E-state index in [0.29, 0.717) is 19.6 Å². The number of carbonyl (C=O) groups is 1. The van der Waals surface area contributed by atoms with Crippen LogP contribution in [-0.4, -0.2) is 45.4 Å². The van der Waals surface area contributed by atoms with Gasteiger partial charge in [0.05, 0.1) is 25.2 Å². The Bertz CT molecular complexity index is 196. The number of nitrogens with one attached hydrogen (secondary N) is 1. The summed E-state index contributed by atoms with van der Waals surface area (Å²) in [6, 6.07) is 0.0859. The molecule has 0 aliphatic rings. The summed E-state index contributed by atoms with van der Waals surface area (Å²) in [5.74, 6) is -0.0274. The largest absolute Gasteiger partial charge is 0.383 e. The molecule has 0 aliphatic carbocycles. The average molecular weight is 246 g/mol. The van der Waals surface area contributed by atoms with Gasteiger partial charge in [0.2, 0.25) is 5.91 Å². The minimum atomic E-state index is -0.204. The van der Waals surface area contributed by atoms with Gasteiger partial charge in [-0.3, -0.25) is 4.79 Å². The van der Waals surface area contributed by atoms with E-state index in [1.165, 1.54) is 0 Å². The van der Waals surface area contributed by atoms with E-state index in [2.05, 4.69) is 12.2 Å². The van der Waals surface area contributed by atoms with Gasteiger partial charge in [-0.25, -0.2) is 0 Å². The van der Waals surface area contributed by atoms with Gasteiger partial charge < -0.3 is 20.5 Å². The van der Waals surface area contributed by atoms with E-state index in [0.717, 1.165) is 19.3 Å². The lowest BCUT2D eigenvalue weighted by molar-refractivity contribution is -0.124. The lowest BCUT2D eigenvalue weighted by Gasteiger charge is -2.19. The van der Waals surface area contributed by atoms with E-state index >= 15 is 0 Å². The molecule has 5 heteroatoms. The number of hydrogen-bond donors (Lipinski definition) is 2. The SMILES string of the molecule is CCCCC(COC)NC(=O)CC(CN)OC. The highest BCUT2D eigenvalue weighted by atomic mass is 16.5. The number of ether oxygens (including phenoxy) is 2. The number of methoxy groups -OCH3 is 2. The van der Waals surface area contributed by atoms with Crippen LogP contribution in [0.3, 0.4) is 0 Å². The van der Waals surface area contributed by atoms with Crippen molar-refractivity contribution in [3.63, 3.8) is 0 Å². The molecule has 2 atom stereocenters. The van der Waals surface area contributed by atoms with Crippen molar-refractivity contribution >= 4 is 5.91 Å². The first kappa shape index (κ1) is 16.4. The van der Waals surface area contributed by atoms with Crippen LogP contribution in [0.5, 0.6) is 0 Å². The molecule has 0 radical (unpaired) electrons. The maximum Gasteiger partial charge on any atom is 0.222 e. The van der Waals surface area contributed by atoms with Crippen molar-refractivity contribution in [1.82, 2.24) is 5.32 Å². The Balaban J connectivity index is 4.01. The third-order valence-corrected chi connectivity index (χ3v) is 2.65. The van der Waals surface area contributed by atoms with Gasteiger partial charge >= 0.3 is 0 Å². The number of rotatable bonds is 10. The molecule has 0 saturated carbocycles. The molecule has 0 aromatic carbocycles. The molecule has 1 amide bonds. The molecule has 0 fully saturated rings. The maximum absolute atomic E-state index is 11.7. The second-order valence-corrected chi connectivity index (χ2v) is 4.16. The minimum absolute atomic E-state index is 0.0274. The topological polar surface area (TPSA) is 73.6 Å². The highest BCUT2D eigenvalue weighted by Crippen LogP contribution is 2.03. The fraction of sp³-hybridized carbons (Fsp3) is 0.917. The van der Waals surface area contributed by atoms with Gasteiger partial charge in [0.15, 0.2) is 0 Å². The molecular weight excluding hydrogens is 220 g/mol. The molecule has 0 aromatic rings. The van der Waals surface area contributed by atoms with E-state index < -0.39 is 0 Å². The van der Waals surface area contributed by atoms with Gasteiger partial charge in [-0.05, 0) is 6.42 Å². The number of carbonyl (C=O) groups excluding carboxylic acids is 1. The minimum Gasteiger partial charge on any atom is -0.383 e. The first-order valence-corrected chi connectivity index (χ1v) is 6.19. The molecule has 2 unspecified atom stereocenters. The van der Waals surface area contributed by atoms with E-state index in [-0.39, 0.29) is 18.1 Å². The van der Waals surface area contributed by atoms with Gasteiger partial charge in [0.1, 0.15) is 0 Å². The van der Waals surface area contributed by atoms with Crippen molar-refractivity contribution in [1.29, 1.82) is 0 Å². The van der Waals surface area contributed by atoms with E-state index in [9.17, 15) is 4.79 Å². The highest BCUT2D eigenvalue weighted by Gasteiger charge is 2.15. The molecule has 0 aliphatic heterocycles. The Morgan fingerprint density at radius 1 is 1.41 bits per heavy atom. The third kappa shape index (κ3) is 8.12. The smallest absolute Gasteiger partial charge is 0.222 e. The molecule has 0 spiro atoms. The molecule has 5 nitrogen and oxygen atoms in total. The molecule has 0 heterocycles. The van der Waals surface area contributed by atoms with Crippen LogP contribution < -0.4 is 11.1 Å². The monoisotopic (exact) mass is 246 g/mol. The quantitative estimate of drug-likeness (QED) is 0.594. The molecule has 0 aromatic heterocycles. The normalized spacial score (nSPS) is 14.4. The van der Waals surface area contributed by atoms with Crippen LogP contribution in [-0.2, 0) is 14.3 Å². The van der Waals surface area contributed by atoms with Gasteiger partial charge in [-0.2, -0.15) is 0 Å². The molecule has 0 rings (SSSR count). The second-order valence-electron chi connectivity index (χ2n) is 4.16. The van der Waals surface area contributed by atoms with Crippen molar-refractivity contribution < 1.29 is 14.3 Å². The van der Waals surface area contributed by atoms with Crippen LogP contribution in [0.2, 0.25) is 0 Å². The molecular formula is C12H26N2O3. The highest BCUT2D eigenvalue weighted by molar-refractivity contribution is 5.76. The molecule has 0 bridgehead atoms. The summed E-state index contributed by atoms with van der Waals surface area (Å²) in [5, 5.41) is 2.95. The van der Waals surface area contributed by atoms with Crippen molar-refractivity contribution in [2.24, 2.45) is 5.73 Å². The number of hydrogen-bond acceptors (Lipinski definition) is 4. The molecule has 17 heavy (non-hydrogen) atoms. The van der Waals surface area contributed by atoms with Gasteiger partial charge in [0, 0.05) is 20.8 Å². The number of unbranched alkanes of at least 4 members (excludes halogenated alkanes) is 1. The summed E-state index contributed by atoms with van der Waals surface area (Å²) in [6.07, 6.45) is 3.23. The molecule has 3 N–H and O–H groups in total. The predicted molar refractivity (Wildman–Crippen MR) is 67.8 cm³/mol. The van der Waals surface area contributed by atoms with Crippen LogP contribution in [0.4, 0.5) is 0 Å². The van der Waals surface area contributed by atoms with Crippen LogP contribution >= 0.6 is 0 Å². The standard InChI is InChI=1S/C12H26N2O3/c1-4-5-6-10(9-16-2)14-12(15)7-11(8-13)17-3/h10-11H,4-9,13H2,1-3H3,(H,14,15). The van der Waals surface area contributed by atoms with Gasteiger partial charge in [-0.15, -0.1) is 0 Å². The van der Waals surface area contributed by atoms with Crippen molar-refractivity contribution in [3.05, 3.63) is 0 Å². The maximum atomic E-state index is 11.7. The van der Waals surface area contributed by atoms with Crippen LogP contribution in [0.25, 0.3) is 0 Å². The molecule has 0 saturated heterocycles. The Hall–Kier alpha value is -0.650. The summed E-state index contributed by atoms with van der Waals surface area (Å²) >= 11 is 0. The van der Waals surface area contributed by atoms with Crippen molar-refractivity contribution in [2.45, 2.75) is 44.8 Å². The Morgan fingerprint density at radius 3 is 2.59 bits per heavy atom. The summed E-state index contributed by atoms with van der Waals surface area (Å²) in [5.41, 5.74) is 5.47. The lowest BCUT2D eigenvalue weighted by atomic mass is 10.1. The van der Waals surface area contributed by atoms with Crippen LogP contribution in [0.15, 0.2) is 0 Å². The van der Waals surface area contributed by atoms with Crippen LogP contribution in [0, 0.1) is 0 Å². The predicted octanol–water partition coefficient (Wildman–Crippen LogP) is 0.672. The third-order valence-electron chi connectivity index (χ3n) is 2.65. The number of amides is 1. The second kappa shape index (κ2) is 10.5. The first-order valence-electron chi connectivity index (χ1n) is 6.19. The summed E-state index contributed by atoms with van der Waals surface area (Å²) in [4.78, 5) is 11.7. The molecule has 102 valence electrons. The Kier molecular flexibility index (Phi) is 10.1. The summed E-state index contributed by atoms with van der Waals surface area (Å²) < 4.78 is 10.2. The van der Waals surface area contributed by atoms with Gasteiger partial charge in [-0.1, -0.05) is 19.8 Å². The zero-order valence-electron chi connectivity index (χ0n) is 11.2. The summed E-state index contributed by atoms with van der Waals surface area (Å²) in [6.45, 7) is 3.03. The Morgan fingerprint density at radius 2 is 2.12 bits per heavy atom. The Labute approximate surface area is 104 Å². The van der Waals surface area contributed by atoms with Crippen LogP contribution in [0.1, 0.15) is 32.6 Å². The number of nitrogens with two attached hydrogens (primary N) is 1. The summed E-state index contributed by atoms with van der Waals surface area (Å²) in [7, 11) is 3.21. The van der Waals surface area contributed by atoms with E-state index in [1.807, 2.05) is 0 Å². The fourth-order valence-electron chi connectivity index (χ4n) is 1.61. The zero-order chi connectivity index (χ0) is 13.1. The van der Waals surface area contributed by atoms with Crippen molar-refractivity contribution in [3.8, 4) is 0 Å². The van der Waals surface area contributed by atoms with E-state index in [1.54, 1.807) is 14.2 Å². The average Bonchev–Trinajstić information content (AvgIpc) is 2.33. The van der Waals surface area contributed by atoms with Crippen molar-refractivity contribution in [2.75, 3.05) is 27.4 Å². The lowest BCUT2D eigenvalue weighted by Crippen LogP contribution is -2.40. The fourth-order valence-corrected chi connectivity index (χ4v) is 1.61.